The molecule has 0 spiro atoms. The van der Waals surface area contributed by atoms with E-state index < -0.39 is 11.4 Å². The van der Waals surface area contributed by atoms with Crippen molar-refractivity contribution in [2.75, 3.05) is 26.3 Å². The van der Waals surface area contributed by atoms with Gasteiger partial charge in [0.25, 0.3) is 0 Å². The van der Waals surface area contributed by atoms with Gasteiger partial charge < -0.3 is 15.2 Å². The summed E-state index contributed by atoms with van der Waals surface area (Å²) < 4.78 is 5.41. The number of carboxylic acid groups (broad SMARTS) is 1. The van der Waals surface area contributed by atoms with Crippen molar-refractivity contribution < 1.29 is 14.6 Å². The summed E-state index contributed by atoms with van der Waals surface area (Å²) in [4.78, 5) is 11.3. The van der Waals surface area contributed by atoms with Crippen molar-refractivity contribution in [1.82, 2.24) is 5.32 Å². The SMILES string of the molecule is CC(C)(CNCC1(C(=O)O)CCC1)C1CCOCC1. The van der Waals surface area contributed by atoms with Crippen LogP contribution in [-0.4, -0.2) is 37.4 Å². The minimum atomic E-state index is -0.630. The second-order valence-electron chi connectivity index (χ2n) is 6.92. The van der Waals surface area contributed by atoms with Crippen LogP contribution in [0.3, 0.4) is 0 Å². The minimum Gasteiger partial charge on any atom is -0.481 e. The van der Waals surface area contributed by atoms with E-state index in [1.807, 2.05) is 0 Å². The van der Waals surface area contributed by atoms with Gasteiger partial charge in [-0.05, 0) is 37.0 Å². The molecule has 0 atom stereocenters. The van der Waals surface area contributed by atoms with Gasteiger partial charge in [-0.2, -0.15) is 0 Å². The monoisotopic (exact) mass is 269 g/mol. The molecule has 4 heteroatoms. The van der Waals surface area contributed by atoms with Crippen molar-refractivity contribution in [3.63, 3.8) is 0 Å². The average Bonchev–Trinajstić information content (AvgIpc) is 2.33. The van der Waals surface area contributed by atoms with Crippen LogP contribution in [-0.2, 0) is 9.53 Å². The molecule has 0 aromatic heterocycles. The van der Waals surface area contributed by atoms with Crippen molar-refractivity contribution in [3.8, 4) is 0 Å². The van der Waals surface area contributed by atoms with Gasteiger partial charge in [0.1, 0.15) is 0 Å². The lowest BCUT2D eigenvalue weighted by molar-refractivity contribution is -0.154. The third-order valence-electron chi connectivity index (χ3n) is 5.13. The van der Waals surface area contributed by atoms with Gasteiger partial charge in [0, 0.05) is 26.3 Å². The number of ether oxygens (including phenoxy) is 1. The second kappa shape index (κ2) is 5.80. The number of hydrogen-bond acceptors (Lipinski definition) is 3. The lowest BCUT2D eigenvalue weighted by Crippen LogP contribution is -2.49. The Bertz CT molecular complexity index is 317. The number of hydrogen-bond donors (Lipinski definition) is 2. The maximum Gasteiger partial charge on any atom is 0.310 e. The Morgan fingerprint density at radius 3 is 2.47 bits per heavy atom. The fourth-order valence-corrected chi connectivity index (χ4v) is 3.32. The molecule has 1 saturated carbocycles. The van der Waals surface area contributed by atoms with Crippen LogP contribution in [0.15, 0.2) is 0 Å². The fraction of sp³-hybridized carbons (Fsp3) is 0.933. The highest BCUT2D eigenvalue weighted by Gasteiger charge is 2.44. The molecule has 0 bridgehead atoms. The molecule has 2 rings (SSSR count). The highest BCUT2D eigenvalue weighted by molar-refractivity contribution is 5.76. The van der Waals surface area contributed by atoms with Crippen LogP contribution in [0.1, 0.15) is 46.0 Å². The number of carboxylic acids is 1. The van der Waals surface area contributed by atoms with Crippen LogP contribution >= 0.6 is 0 Å². The minimum absolute atomic E-state index is 0.215. The highest BCUT2D eigenvalue weighted by Crippen LogP contribution is 2.41. The predicted molar refractivity (Wildman–Crippen MR) is 74.1 cm³/mol. The van der Waals surface area contributed by atoms with E-state index >= 15 is 0 Å². The van der Waals surface area contributed by atoms with E-state index in [4.69, 9.17) is 4.74 Å². The molecule has 1 aliphatic carbocycles. The van der Waals surface area contributed by atoms with Crippen molar-refractivity contribution in [3.05, 3.63) is 0 Å². The second-order valence-corrected chi connectivity index (χ2v) is 6.92. The van der Waals surface area contributed by atoms with Crippen molar-refractivity contribution in [1.29, 1.82) is 0 Å². The first kappa shape index (κ1) is 14.8. The van der Waals surface area contributed by atoms with Gasteiger partial charge in [0.15, 0.2) is 0 Å². The summed E-state index contributed by atoms with van der Waals surface area (Å²) >= 11 is 0. The number of carbonyl (C=O) groups is 1. The van der Waals surface area contributed by atoms with E-state index in [0.717, 1.165) is 51.9 Å². The summed E-state index contributed by atoms with van der Waals surface area (Å²) in [6.45, 7) is 7.82. The third-order valence-corrected chi connectivity index (χ3v) is 5.13. The fourth-order valence-electron chi connectivity index (χ4n) is 3.32. The maximum atomic E-state index is 11.3. The van der Waals surface area contributed by atoms with Gasteiger partial charge in [0.05, 0.1) is 5.41 Å². The maximum absolute atomic E-state index is 11.3. The molecular weight excluding hydrogens is 242 g/mol. The molecule has 1 heterocycles. The first-order valence-electron chi connectivity index (χ1n) is 7.48. The molecule has 0 aromatic rings. The van der Waals surface area contributed by atoms with Crippen LogP contribution in [0.5, 0.6) is 0 Å². The summed E-state index contributed by atoms with van der Waals surface area (Å²) in [7, 11) is 0. The summed E-state index contributed by atoms with van der Waals surface area (Å²) in [6.07, 6.45) is 4.95. The van der Waals surface area contributed by atoms with Crippen molar-refractivity contribution in [2.45, 2.75) is 46.0 Å². The summed E-state index contributed by atoms with van der Waals surface area (Å²) in [5.74, 6) is 0.0473. The Balaban J connectivity index is 1.79. The van der Waals surface area contributed by atoms with E-state index in [9.17, 15) is 9.90 Å². The zero-order valence-electron chi connectivity index (χ0n) is 12.2. The van der Waals surface area contributed by atoms with Gasteiger partial charge in [0.2, 0.25) is 0 Å². The quantitative estimate of drug-likeness (QED) is 0.776. The molecule has 4 nitrogen and oxygen atoms in total. The zero-order chi connectivity index (χ0) is 13.9. The zero-order valence-corrected chi connectivity index (χ0v) is 12.2. The Hall–Kier alpha value is -0.610. The van der Waals surface area contributed by atoms with Crippen molar-refractivity contribution >= 4 is 5.97 Å². The van der Waals surface area contributed by atoms with Crippen LogP contribution in [0.4, 0.5) is 0 Å². The van der Waals surface area contributed by atoms with E-state index in [-0.39, 0.29) is 5.41 Å². The molecule has 2 fully saturated rings. The molecule has 0 amide bonds. The van der Waals surface area contributed by atoms with Crippen LogP contribution < -0.4 is 5.32 Å². The van der Waals surface area contributed by atoms with Crippen LogP contribution in [0, 0.1) is 16.7 Å². The summed E-state index contributed by atoms with van der Waals surface area (Å²) in [6, 6.07) is 0. The highest BCUT2D eigenvalue weighted by atomic mass is 16.5. The number of nitrogens with one attached hydrogen (secondary N) is 1. The number of aliphatic carboxylic acids is 1. The largest absolute Gasteiger partial charge is 0.481 e. The standard InChI is InChI=1S/C15H27NO3/c1-14(2,12-4-8-19-9-5-12)10-16-11-15(13(17)18)6-3-7-15/h12,16H,3-11H2,1-2H3,(H,17,18). The van der Waals surface area contributed by atoms with Crippen LogP contribution in [0.25, 0.3) is 0 Å². The van der Waals surface area contributed by atoms with Crippen LogP contribution in [0.2, 0.25) is 0 Å². The lowest BCUT2D eigenvalue weighted by Gasteiger charge is -2.41. The first-order valence-corrected chi connectivity index (χ1v) is 7.48. The molecule has 1 saturated heterocycles. The van der Waals surface area contributed by atoms with E-state index in [1.54, 1.807) is 0 Å². The smallest absolute Gasteiger partial charge is 0.310 e. The molecule has 0 aromatic carbocycles. The molecule has 0 radical (unpaired) electrons. The van der Waals surface area contributed by atoms with Gasteiger partial charge in [-0.1, -0.05) is 20.3 Å². The molecule has 0 unspecified atom stereocenters. The molecule has 2 aliphatic rings. The Kier molecular flexibility index (Phi) is 4.51. The van der Waals surface area contributed by atoms with Gasteiger partial charge >= 0.3 is 5.97 Å². The van der Waals surface area contributed by atoms with Gasteiger partial charge in [-0.3, -0.25) is 4.79 Å². The predicted octanol–water partition coefficient (Wildman–Crippen LogP) is 2.28. The normalized spacial score (nSPS) is 23.9. The van der Waals surface area contributed by atoms with E-state index in [0.29, 0.717) is 12.5 Å². The Labute approximate surface area is 115 Å². The van der Waals surface area contributed by atoms with Crippen molar-refractivity contribution in [2.24, 2.45) is 16.7 Å². The van der Waals surface area contributed by atoms with E-state index in [1.165, 1.54) is 0 Å². The van der Waals surface area contributed by atoms with E-state index in [2.05, 4.69) is 19.2 Å². The molecule has 2 N–H and O–H groups in total. The summed E-state index contributed by atoms with van der Waals surface area (Å²) in [5, 5.41) is 12.7. The molecule has 19 heavy (non-hydrogen) atoms. The Morgan fingerprint density at radius 2 is 2.00 bits per heavy atom. The first-order chi connectivity index (χ1) is 8.96. The van der Waals surface area contributed by atoms with Gasteiger partial charge in [-0.15, -0.1) is 0 Å². The summed E-state index contributed by atoms with van der Waals surface area (Å²) in [5.41, 5.74) is -0.265. The topological polar surface area (TPSA) is 58.6 Å². The molecule has 110 valence electrons. The Morgan fingerprint density at radius 1 is 1.37 bits per heavy atom. The lowest BCUT2D eigenvalue weighted by atomic mass is 9.68. The van der Waals surface area contributed by atoms with Gasteiger partial charge in [-0.25, -0.2) is 0 Å². The average molecular weight is 269 g/mol. The molecular formula is C15H27NO3. The third kappa shape index (κ3) is 3.29. The number of rotatable bonds is 6. The molecule has 1 aliphatic heterocycles.